The molecule has 1 heterocycles. The summed E-state index contributed by atoms with van der Waals surface area (Å²) in [6.45, 7) is -0.317. The Morgan fingerprint density at radius 2 is 1.96 bits per heavy atom. The lowest BCUT2D eigenvalue weighted by Crippen LogP contribution is -2.26. The van der Waals surface area contributed by atoms with Gasteiger partial charge in [0.2, 0.25) is 0 Å². The molecule has 0 saturated carbocycles. The van der Waals surface area contributed by atoms with Crippen molar-refractivity contribution in [3.8, 4) is 6.07 Å². The van der Waals surface area contributed by atoms with E-state index in [1.54, 1.807) is 36.4 Å². The van der Waals surface area contributed by atoms with Crippen LogP contribution in [0.4, 0.5) is 0 Å². The fourth-order valence-corrected chi connectivity index (χ4v) is 3.52. The van der Waals surface area contributed by atoms with Crippen molar-refractivity contribution in [2.75, 3.05) is 5.75 Å². The highest BCUT2D eigenvalue weighted by molar-refractivity contribution is 7.99. The van der Waals surface area contributed by atoms with E-state index in [-0.39, 0.29) is 31.0 Å². The second-order valence-corrected chi connectivity index (χ2v) is 7.41. The quantitative estimate of drug-likeness (QED) is 0.432. The number of halogens is 1. The lowest BCUT2D eigenvalue weighted by atomic mass is 10.2. The average Bonchev–Trinajstić information content (AvgIpc) is 2.70. The number of carbonyl (C=O) groups is 1. The van der Waals surface area contributed by atoms with Gasteiger partial charge in [-0.3, -0.25) is 14.2 Å². The van der Waals surface area contributed by atoms with E-state index in [4.69, 9.17) is 21.6 Å². The smallest absolute Gasteiger partial charge is 0.307 e. The van der Waals surface area contributed by atoms with Crippen LogP contribution >= 0.6 is 23.4 Å². The molecule has 1 aromatic heterocycles. The van der Waals surface area contributed by atoms with Crippen molar-refractivity contribution in [1.29, 1.82) is 5.26 Å². The first-order valence-corrected chi connectivity index (χ1v) is 9.84. The van der Waals surface area contributed by atoms with Gasteiger partial charge >= 0.3 is 5.97 Å². The van der Waals surface area contributed by atoms with Crippen LogP contribution in [0.25, 0.3) is 10.9 Å². The Morgan fingerprint density at radius 3 is 2.71 bits per heavy atom. The van der Waals surface area contributed by atoms with Gasteiger partial charge in [0.25, 0.3) is 5.56 Å². The number of nitrogens with zero attached hydrogens (tertiary/aromatic N) is 3. The van der Waals surface area contributed by atoms with Gasteiger partial charge in [0.1, 0.15) is 13.2 Å². The molecule has 3 rings (SSSR count). The van der Waals surface area contributed by atoms with Crippen molar-refractivity contribution in [2.24, 2.45) is 0 Å². The van der Waals surface area contributed by atoms with Crippen LogP contribution in [0.5, 0.6) is 0 Å². The number of nitriles is 1. The number of hydrogen-bond donors (Lipinski definition) is 0. The predicted molar refractivity (Wildman–Crippen MR) is 108 cm³/mol. The number of thioether (sulfide) groups is 1. The van der Waals surface area contributed by atoms with Crippen molar-refractivity contribution in [3.63, 3.8) is 0 Å². The van der Waals surface area contributed by atoms with Crippen LogP contribution in [-0.4, -0.2) is 21.3 Å². The molecule has 0 atom stereocenters. The molecule has 0 amide bonds. The Bertz CT molecular complexity index is 1090. The number of para-hydroxylation sites is 1. The Morgan fingerprint density at radius 1 is 1.21 bits per heavy atom. The zero-order chi connectivity index (χ0) is 19.9. The van der Waals surface area contributed by atoms with Gasteiger partial charge in [-0.15, -0.1) is 11.8 Å². The fourth-order valence-electron chi connectivity index (χ4n) is 2.56. The summed E-state index contributed by atoms with van der Waals surface area (Å²) in [6.07, 6.45) is 0.212. The van der Waals surface area contributed by atoms with E-state index in [1.807, 2.05) is 18.2 Å². The minimum absolute atomic E-state index is 0.157. The van der Waals surface area contributed by atoms with Gasteiger partial charge in [-0.1, -0.05) is 23.7 Å². The molecule has 0 bridgehead atoms. The van der Waals surface area contributed by atoms with Crippen LogP contribution in [0.15, 0.2) is 58.2 Å². The van der Waals surface area contributed by atoms with Crippen LogP contribution < -0.4 is 5.56 Å². The molecule has 0 spiro atoms. The summed E-state index contributed by atoms with van der Waals surface area (Å²) in [5.74, 6) is 0.410. The fraction of sp³-hybridized carbons (Fsp3) is 0.200. The third-order valence-electron chi connectivity index (χ3n) is 3.92. The maximum absolute atomic E-state index is 12.6. The highest BCUT2D eigenvalue weighted by Gasteiger charge is 2.13. The summed E-state index contributed by atoms with van der Waals surface area (Å²) in [6, 6.07) is 16.2. The number of esters is 1. The van der Waals surface area contributed by atoms with E-state index < -0.39 is 5.97 Å². The standard InChI is InChI=1S/C20H16ClN3O3S/c21-14-5-7-15(8-6-14)28-12-9-19(25)27-13-18-23-17-4-2-1-3-16(17)20(26)24(18)11-10-22/h1-8H,9,11-13H2. The van der Waals surface area contributed by atoms with Crippen molar-refractivity contribution in [2.45, 2.75) is 24.5 Å². The number of hydrogen-bond acceptors (Lipinski definition) is 6. The van der Waals surface area contributed by atoms with Crippen molar-refractivity contribution in [3.05, 3.63) is 69.7 Å². The molecule has 0 saturated heterocycles. The van der Waals surface area contributed by atoms with Gasteiger partial charge in [0.05, 0.1) is 23.4 Å². The molecule has 0 aliphatic carbocycles. The number of ether oxygens (including phenoxy) is 1. The van der Waals surface area contributed by atoms with Crippen molar-refractivity contribution in [1.82, 2.24) is 9.55 Å². The first-order chi connectivity index (χ1) is 13.6. The summed E-state index contributed by atoms with van der Waals surface area (Å²) < 4.78 is 6.51. The Kier molecular flexibility index (Phi) is 6.69. The van der Waals surface area contributed by atoms with E-state index in [2.05, 4.69) is 4.98 Å². The number of aromatic nitrogens is 2. The Hall–Kier alpha value is -2.82. The molecule has 0 N–H and O–H groups in total. The molecule has 6 nitrogen and oxygen atoms in total. The second-order valence-electron chi connectivity index (χ2n) is 5.81. The molecule has 0 unspecified atom stereocenters. The molecule has 0 radical (unpaired) electrons. The normalized spacial score (nSPS) is 10.6. The van der Waals surface area contributed by atoms with Crippen LogP contribution in [-0.2, 0) is 22.7 Å². The molecule has 0 aliphatic rings. The first-order valence-electron chi connectivity index (χ1n) is 8.48. The van der Waals surface area contributed by atoms with Crippen LogP contribution in [0, 0.1) is 11.3 Å². The average molecular weight is 414 g/mol. The predicted octanol–water partition coefficient (Wildman–Crippen LogP) is 3.80. The molecule has 28 heavy (non-hydrogen) atoms. The summed E-state index contributed by atoms with van der Waals surface area (Å²) in [4.78, 5) is 30.0. The Labute approximate surface area is 170 Å². The molecule has 3 aromatic rings. The largest absolute Gasteiger partial charge is 0.457 e. The van der Waals surface area contributed by atoms with E-state index >= 15 is 0 Å². The van der Waals surface area contributed by atoms with Gasteiger partial charge in [0.15, 0.2) is 5.82 Å². The molecule has 2 aromatic carbocycles. The van der Waals surface area contributed by atoms with E-state index in [0.717, 1.165) is 4.90 Å². The van der Waals surface area contributed by atoms with E-state index in [9.17, 15) is 9.59 Å². The SMILES string of the molecule is N#CCn1c(COC(=O)CCSc2ccc(Cl)cc2)nc2ccccc2c1=O. The minimum Gasteiger partial charge on any atom is -0.457 e. The number of carbonyl (C=O) groups excluding carboxylic acids is 1. The number of fused-ring (bicyclic) bond motifs is 1. The molecule has 142 valence electrons. The van der Waals surface area contributed by atoms with Gasteiger partial charge in [-0.25, -0.2) is 4.98 Å². The maximum atomic E-state index is 12.6. The third kappa shape index (κ3) is 4.91. The number of rotatable bonds is 7. The highest BCUT2D eigenvalue weighted by Crippen LogP contribution is 2.21. The second kappa shape index (κ2) is 9.40. The summed E-state index contributed by atoms with van der Waals surface area (Å²) in [7, 11) is 0. The zero-order valence-electron chi connectivity index (χ0n) is 14.8. The molecular formula is C20H16ClN3O3S. The highest BCUT2D eigenvalue weighted by atomic mass is 35.5. The summed E-state index contributed by atoms with van der Waals surface area (Å²) >= 11 is 7.37. The zero-order valence-corrected chi connectivity index (χ0v) is 16.4. The van der Waals surface area contributed by atoms with Gasteiger partial charge in [-0.05, 0) is 36.4 Å². The number of benzene rings is 2. The lowest BCUT2D eigenvalue weighted by Gasteiger charge is -2.11. The van der Waals surface area contributed by atoms with Gasteiger partial charge in [0, 0.05) is 15.7 Å². The minimum atomic E-state index is -0.396. The Balaban J connectivity index is 1.63. The first kappa shape index (κ1) is 19.9. The third-order valence-corrected chi connectivity index (χ3v) is 5.19. The van der Waals surface area contributed by atoms with E-state index in [1.165, 1.54) is 16.3 Å². The van der Waals surface area contributed by atoms with Crippen LogP contribution in [0.3, 0.4) is 0 Å². The summed E-state index contributed by atoms with van der Waals surface area (Å²) in [5.41, 5.74) is 0.183. The van der Waals surface area contributed by atoms with Crippen LogP contribution in [0.2, 0.25) is 5.02 Å². The molecule has 8 heteroatoms. The van der Waals surface area contributed by atoms with Crippen molar-refractivity contribution < 1.29 is 9.53 Å². The lowest BCUT2D eigenvalue weighted by molar-refractivity contribution is -0.144. The molecular weight excluding hydrogens is 398 g/mol. The van der Waals surface area contributed by atoms with Gasteiger partial charge < -0.3 is 4.74 Å². The topological polar surface area (TPSA) is 85.0 Å². The monoisotopic (exact) mass is 413 g/mol. The molecule has 0 fully saturated rings. The van der Waals surface area contributed by atoms with Crippen molar-refractivity contribution >= 4 is 40.2 Å². The maximum Gasteiger partial charge on any atom is 0.307 e. The molecule has 0 aliphatic heterocycles. The van der Waals surface area contributed by atoms with Crippen LogP contribution in [0.1, 0.15) is 12.2 Å². The van der Waals surface area contributed by atoms with E-state index in [0.29, 0.717) is 21.7 Å². The van der Waals surface area contributed by atoms with Gasteiger partial charge in [-0.2, -0.15) is 5.26 Å². The summed E-state index contributed by atoms with van der Waals surface area (Å²) in [5, 5.41) is 10.1.